The zero-order chi connectivity index (χ0) is 12.3. The van der Waals surface area contributed by atoms with Gasteiger partial charge in [-0.25, -0.2) is 4.98 Å². The van der Waals surface area contributed by atoms with E-state index in [2.05, 4.69) is 15.4 Å². The zero-order valence-electron chi connectivity index (χ0n) is 9.96. The molecule has 17 heavy (non-hydrogen) atoms. The van der Waals surface area contributed by atoms with Gasteiger partial charge in [0.1, 0.15) is 18.2 Å². The van der Waals surface area contributed by atoms with Gasteiger partial charge in [0.25, 0.3) is 0 Å². The molecule has 2 rings (SSSR count). The highest BCUT2D eigenvalue weighted by Crippen LogP contribution is 2.25. The summed E-state index contributed by atoms with van der Waals surface area (Å²) in [5.74, 6) is -0.775. The maximum atomic E-state index is 11.3. The lowest BCUT2D eigenvalue weighted by Crippen LogP contribution is -2.50. The third-order valence-corrected chi connectivity index (χ3v) is 3.10. The van der Waals surface area contributed by atoms with Gasteiger partial charge in [0.05, 0.1) is 0 Å². The fourth-order valence-electron chi connectivity index (χ4n) is 1.86. The van der Waals surface area contributed by atoms with E-state index in [4.69, 9.17) is 0 Å². The zero-order valence-corrected chi connectivity index (χ0v) is 9.96. The van der Waals surface area contributed by atoms with Gasteiger partial charge in [-0.3, -0.25) is 14.8 Å². The molecule has 94 valence electrons. The second kappa shape index (κ2) is 4.83. The second-order valence-corrected chi connectivity index (χ2v) is 4.82. The van der Waals surface area contributed by atoms with E-state index in [0.717, 1.165) is 19.3 Å². The molecule has 1 fully saturated rings. The van der Waals surface area contributed by atoms with Crippen LogP contribution < -0.4 is 5.32 Å². The third kappa shape index (κ3) is 3.26. The molecule has 6 heteroatoms. The largest absolute Gasteiger partial charge is 0.480 e. The molecule has 1 aromatic rings. The van der Waals surface area contributed by atoms with Crippen LogP contribution in [0, 0.1) is 0 Å². The first-order valence-corrected chi connectivity index (χ1v) is 5.94. The van der Waals surface area contributed by atoms with Crippen molar-refractivity contribution in [3.63, 3.8) is 0 Å². The molecule has 0 bridgehead atoms. The Kier molecular flexibility index (Phi) is 3.42. The summed E-state index contributed by atoms with van der Waals surface area (Å²) in [5.41, 5.74) is -0.818. The summed E-state index contributed by atoms with van der Waals surface area (Å²) < 4.78 is 1.72. The van der Waals surface area contributed by atoms with Crippen LogP contribution in [0.2, 0.25) is 0 Å². The number of aryl methyl sites for hydroxylation is 1. The van der Waals surface area contributed by atoms with Crippen molar-refractivity contribution in [1.82, 2.24) is 20.1 Å². The number of nitrogens with one attached hydrogen (secondary N) is 1. The molecule has 0 amide bonds. The highest BCUT2D eigenvalue weighted by atomic mass is 16.4. The van der Waals surface area contributed by atoms with Crippen molar-refractivity contribution in [2.24, 2.45) is 0 Å². The minimum Gasteiger partial charge on any atom is -0.480 e. The Bertz CT molecular complexity index is 375. The molecule has 0 spiro atoms. The molecule has 0 saturated heterocycles. The van der Waals surface area contributed by atoms with Gasteiger partial charge >= 0.3 is 5.97 Å². The lowest BCUT2D eigenvalue weighted by Gasteiger charge is -2.26. The van der Waals surface area contributed by atoms with Crippen LogP contribution in [0.3, 0.4) is 0 Å². The Morgan fingerprint density at radius 2 is 2.41 bits per heavy atom. The van der Waals surface area contributed by atoms with E-state index >= 15 is 0 Å². The van der Waals surface area contributed by atoms with Gasteiger partial charge in [-0.15, -0.1) is 0 Å². The number of carboxylic acid groups (broad SMARTS) is 1. The van der Waals surface area contributed by atoms with Crippen LogP contribution in [0.5, 0.6) is 0 Å². The van der Waals surface area contributed by atoms with E-state index < -0.39 is 11.5 Å². The molecular formula is C11H18N4O2. The van der Waals surface area contributed by atoms with Crippen molar-refractivity contribution in [2.45, 2.75) is 50.7 Å². The highest BCUT2D eigenvalue weighted by molar-refractivity contribution is 5.78. The molecule has 1 aliphatic carbocycles. The van der Waals surface area contributed by atoms with Crippen LogP contribution in [-0.2, 0) is 11.3 Å². The predicted octanol–water partition coefficient (Wildman–Crippen LogP) is 0.654. The minimum atomic E-state index is -0.818. The third-order valence-electron chi connectivity index (χ3n) is 3.10. The molecule has 1 unspecified atom stereocenters. The number of rotatable bonds is 7. The lowest BCUT2D eigenvalue weighted by molar-refractivity contribution is -0.144. The number of hydrogen-bond acceptors (Lipinski definition) is 4. The van der Waals surface area contributed by atoms with E-state index in [-0.39, 0.29) is 0 Å². The predicted molar refractivity (Wildman–Crippen MR) is 61.5 cm³/mol. The fourth-order valence-corrected chi connectivity index (χ4v) is 1.86. The fraction of sp³-hybridized carbons (Fsp3) is 0.727. The molecule has 2 N–H and O–H groups in total. The van der Waals surface area contributed by atoms with Gasteiger partial charge in [0.2, 0.25) is 0 Å². The first-order chi connectivity index (χ1) is 8.10. The standard InChI is InChI=1S/C11H18N4O2/c1-11(10(16)17,14-9-3-4-9)5-2-6-15-8-12-7-13-15/h7-9,14H,2-6H2,1H3,(H,16,17). The van der Waals surface area contributed by atoms with Crippen molar-refractivity contribution in [3.05, 3.63) is 12.7 Å². The molecule has 1 aromatic heterocycles. The number of carboxylic acids is 1. The van der Waals surface area contributed by atoms with Gasteiger partial charge in [0.15, 0.2) is 0 Å². The summed E-state index contributed by atoms with van der Waals surface area (Å²) in [5, 5.41) is 16.5. The molecule has 6 nitrogen and oxygen atoms in total. The first-order valence-electron chi connectivity index (χ1n) is 5.94. The van der Waals surface area contributed by atoms with Crippen molar-refractivity contribution in [2.75, 3.05) is 0 Å². The average molecular weight is 238 g/mol. The quantitative estimate of drug-likeness (QED) is 0.729. The summed E-state index contributed by atoms with van der Waals surface area (Å²) in [6.45, 7) is 2.46. The Morgan fingerprint density at radius 3 is 2.94 bits per heavy atom. The Morgan fingerprint density at radius 1 is 1.65 bits per heavy atom. The van der Waals surface area contributed by atoms with Crippen molar-refractivity contribution in [3.8, 4) is 0 Å². The van der Waals surface area contributed by atoms with Gasteiger partial charge in [-0.2, -0.15) is 5.10 Å². The van der Waals surface area contributed by atoms with E-state index in [9.17, 15) is 9.90 Å². The number of aromatic nitrogens is 3. The second-order valence-electron chi connectivity index (χ2n) is 4.82. The molecule has 0 radical (unpaired) electrons. The van der Waals surface area contributed by atoms with Crippen molar-refractivity contribution in [1.29, 1.82) is 0 Å². The normalized spacial score (nSPS) is 18.9. The molecular weight excluding hydrogens is 220 g/mol. The molecule has 1 heterocycles. The summed E-state index contributed by atoms with van der Waals surface area (Å²) in [6.07, 6.45) is 6.67. The topological polar surface area (TPSA) is 80.0 Å². The van der Waals surface area contributed by atoms with Crippen molar-refractivity contribution < 1.29 is 9.90 Å². The summed E-state index contributed by atoms with van der Waals surface area (Å²) in [6, 6.07) is 0.391. The monoisotopic (exact) mass is 238 g/mol. The van der Waals surface area contributed by atoms with E-state index in [1.165, 1.54) is 6.33 Å². The Hall–Kier alpha value is -1.43. The molecule has 1 saturated carbocycles. The van der Waals surface area contributed by atoms with E-state index in [0.29, 0.717) is 19.0 Å². The van der Waals surface area contributed by atoms with Crippen LogP contribution in [0.15, 0.2) is 12.7 Å². The van der Waals surface area contributed by atoms with Crippen LogP contribution in [0.4, 0.5) is 0 Å². The maximum absolute atomic E-state index is 11.3. The van der Waals surface area contributed by atoms with Crippen LogP contribution in [0.1, 0.15) is 32.6 Å². The average Bonchev–Trinajstić information content (AvgIpc) is 2.93. The first kappa shape index (κ1) is 12.0. The molecule has 0 aliphatic heterocycles. The maximum Gasteiger partial charge on any atom is 0.323 e. The summed E-state index contributed by atoms with van der Waals surface area (Å²) in [7, 11) is 0. The number of hydrogen-bond donors (Lipinski definition) is 2. The van der Waals surface area contributed by atoms with Crippen LogP contribution in [-0.4, -0.2) is 37.4 Å². The summed E-state index contributed by atoms with van der Waals surface area (Å²) in [4.78, 5) is 15.1. The minimum absolute atomic E-state index is 0.391. The van der Waals surface area contributed by atoms with Crippen LogP contribution in [0.25, 0.3) is 0 Å². The van der Waals surface area contributed by atoms with Gasteiger partial charge in [-0.1, -0.05) is 0 Å². The van der Waals surface area contributed by atoms with E-state index in [1.807, 2.05) is 0 Å². The van der Waals surface area contributed by atoms with Gasteiger partial charge in [0, 0.05) is 12.6 Å². The number of nitrogens with zero attached hydrogens (tertiary/aromatic N) is 3. The summed E-state index contributed by atoms with van der Waals surface area (Å²) >= 11 is 0. The SMILES string of the molecule is CC(CCCn1cncn1)(NC1CC1)C(=O)O. The molecule has 0 aromatic carbocycles. The highest BCUT2D eigenvalue weighted by Gasteiger charge is 2.37. The van der Waals surface area contributed by atoms with Crippen molar-refractivity contribution >= 4 is 5.97 Å². The number of carbonyl (C=O) groups is 1. The van der Waals surface area contributed by atoms with E-state index in [1.54, 1.807) is 17.9 Å². The van der Waals surface area contributed by atoms with Gasteiger partial charge < -0.3 is 5.11 Å². The smallest absolute Gasteiger partial charge is 0.323 e. The molecule has 1 atom stereocenters. The Balaban J connectivity index is 1.82. The van der Waals surface area contributed by atoms with Crippen LogP contribution >= 0.6 is 0 Å². The molecule has 1 aliphatic rings. The Labute approximate surface area is 100 Å². The lowest BCUT2D eigenvalue weighted by atomic mass is 9.95. The van der Waals surface area contributed by atoms with Gasteiger partial charge in [-0.05, 0) is 32.6 Å². The number of aliphatic carboxylic acids is 1.